The van der Waals surface area contributed by atoms with E-state index in [1.807, 2.05) is 0 Å². The number of fused-ring (bicyclic) bond motifs is 9. The Kier molecular flexibility index (Phi) is 5.74. The standard InChI is InChI=1S/C42H35N/c1-27(2)28-18-21-32(22-19-28)43(31-12-6-5-7-13-31)33-23-20-29-25-38-39(26-30(29)24-33)42(3,4)41-37-17-11-9-15-35(37)34-14-8-10-16-36(34)40(38)41/h5-27H,1-4H3. The normalized spacial score (nSPS) is 13.5. The molecule has 8 rings (SSSR count). The van der Waals surface area contributed by atoms with Crippen LogP contribution in [0.3, 0.4) is 0 Å². The fourth-order valence-corrected chi connectivity index (χ4v) is 7.39. The van der Waals surface area contributed by atoms with Gasteiger partial charge in [0.05, 0.1) is 0 Å². The van der Waals surface area contributed by atoms with Crippen molar-refractivity contribution in [1.29, 1.82) is 0 Å². The maximum Gasteiger partial charge on any atom is 0.0468 e. The predicted molar refractivity (Wildman–Crippen MR) is 185 cm³/mol. The van der Waals surface area contributed by atoms with Gasteiger partial charge in [-0.3, -0.25) is 0 Å². The molecule has 7 aromatic rings. The van der Waals surface area contributed by atoms with E-state index in [4.69, 9.17) is 0 Å². The lowest BCUT2D eigenvalue weighted by Crippen LogP contribution is -2.15. The molecule has 0 aliphatic heterocycles. The Morgan fingerprint density at radius 2 is 1.09 bits per heavy atom. The summed E-state index contributed by atoms with van der Waals surface area (Å²) in [5.41, 5.74) is 10.3. The Morgan fingerprint density at radius 1 is 0.512 bits per heavy atom. The molecule has 0 atom stereocenters. The van der Waals surface area contributed by atoms with Crippen LogP contribution in [0.1, 0.15) is 50.3 Å². The minimum Gasteiger partial charge on any atom is -0.310 e. The lowest BCUT2D eigenvalue weighted by atomic mass is 9.79. The van der Waals surface area contributed by atoms with E-state index in [9.17, 15) is 0 Å². The number of hydrogen-bond acceptors (Lipinski definition) is 1. The molecule has 0 heterocycles. The Hall–Kier alpha value is -4.88. The Morgan fingerprint density at radius 3 is 1.79 bits per heavy atom. The maximum atomic E-state index is 2.46. The van der Waals surface area contributed by atoms with Crippen LogP contribution in [0, 0.1) is 0 Å². The van der Waals surface area contributed by atoms with Crippen molar-refractivity contribution in [2.24, 2.45) is 0 Å². The zero-order valence-corrected chi connectivity index (χ0v) is 25.2. The molecule has 0 saturated carbocycles. The average Bonchev–Trinajstić information content (AvgIpc) is 3.27. The summed E-state index contributed by atoms with van der Waals surface area (Å²) in [6.07, 6.45) is 0. The van der Waals surface area contributed by atoms with E-state index in [2.05, 4.69) is 166 Å². The highest BCUT2D eigenvalue weighted by Gasteiger charge is 2.38. The van der Waals surface area contributed by atoms with Gasteiger partial charge >= 0.3 is 0 Å². The highest BCUT2D eigenvalue weighted by atomic mass is 15.1. The number of nitrogens with zero attached hydrogens (tertiary/aromatic N) is 1. The number of rotatable bonds is 4. The molecule has 0 bridgehead atoms. The van der Waals surface area contributed by atoms with Gasteiger partial charge in [0.2, 0.25) is 0 Å². The molecule has 0 amide bonds. The summed E-state index contributed by atoms with van der Waals surface area (Å²) in [6.45, 7) is 9.30. The summed E-state index contributed by atoms with van der Waals surface area (Å²) in [4.78, 5) is 2.37. The maximum absolute atomic E-state index is 2.46. The molecule has 0 aromatic heterocycles. The van der Waals surface area contributed by atoms with Crippen molar-refractivity contribution in [3.05, 3.63) is 150 Å². The van der Waals surface area contributed by atoms with Crippen LogP contribution in [0.2, 0.25) is 0 Å². The van der Waals surface area contributed by atoms with E-state index in [0.717, 1.165) is 5.69 Å². The molecule has 0 fully saturated rings. The fourth-order valence-electron chi connectivity index (χ4n) is 7.39. The summed E-state index contributed by atoms with van der Waals surface area (Å²) < 4.78 is 0. The molecule has 0 N–H and O–H groups in total. The summed E-state index contributed by atoms with van der Waals surface area (Å²) in [5, 5.41) is 7.92. The van der Waals surface area contributed by atoms with Crippen LogP contribution in [-0.4, -0.2) is 0 Å². The van der Waals surface area contributed by atoms with Gasteiger partial charge in [-0.1, -0.05) is 113 Å². The number of para-hydroxylation sites is 1. The smallest absolute Gasteiger partial charge is 0.0468 e. The molecule has 1 nitrogen and oxygen atoms in total. The Labute approximate surface area is 254 Å². The minimum absolute atomic E-state index is 0.121. The molecule has 1 aliphatic rings. The summed E-state index contributed by atoms with van der Waals surface area (Å²) in [5.74, 6) is 0.503. The molecule has 43 heavy (non-hydrogen) atoms. The highest BCUT2D eigenvalue weighted by molar-refractivity contribution is 6.19. The van der Waals surface area contributed by atoms with Crippen LogP contribution in [0.5, 0.6) is 0 Å². The van der Waals surface area contributed by atoms with Crippen molar-refractivity contribution in [3.8, 4) is 11.1 Å². The van der Waals surface area contributed by atoms with E-state index in [-0.39, 0.29) is 5.41 Å². The van der Waals surface area contributed by atoms with Gasteiger partial charge in [0.15, 0.2) is 0 Å². The zero-order valence-electron chi connectivity index (χ0n) is 25.2. The molecule has 208 valence electrons. The molecule has 0 spiro atoms. The first-order chi connectivity index (χ1) is 20.9. The van der Waals surface area contributed by atoms with Crippen LogP contribution >= 0.6 is 0 Å². The van der Waals surface area contributed by atoms with Crippen molar-refractivity contribution in [3.63, 3.8) is 0 Å². The second-order valence-corrected chi connectivity index (χ2v) is 12.8. The number of benzene rings is 7. The first kappa shape index (κ1) is 25.8. The molecular weight excluding hydrogens is 518 g/mol. The molecular formula is C42H35N. The Balaban J connectivity index is 1.34. The summed E-state index contributed by atoms with van der Waals surface area (Å²) in [6, 6.07) is 49.5. The van der Waals surface area contributed by atoms with Crippen LogP contribution in [0.25, 0.3) is 43.4 Å². The fraction of sp³-hybridized carbons (Fsp3) is 0.143. The number of hydrogen-bond donors (Lipinski definition) is 0. The summed E-state index contributed by atoms with van der Waals surface area (Å²) in [7, 11) is 0. The zero-order chi connectivity index (χ0) is 29.3. The van der Waals surface area contributed by atoms with Crippen LogP contribution in [0.15, 0.2) is 133 Å². The topological polar surface area (TPSA) is 3.24 Å². The SMILES string of the molecule is CC(C)c1ccc(N(c2ccccc2)c2ccc3cc4c(cc3c2)C(C)(C)c2c-4c3ccccc3c3ccccc23)cc1. The van der Waals surface area contributed by atoms with Gasteiger partial charge in [0.25, 0.3) is 0 Å². The molecule has 1 heteroatoms. The first-order valence-corrected chi connectivity index (χ1v) is 15.4. The Bertz CT molecular complexity index is 2170. The van der Waals surface area contributed by atoms with Crippen LogP contribution in [0.4, 0.5) is 17.1 Å². The molecule has 1 aliphatic carbocycles. The molecule has 0 unspecified atom stereocenters. The van der Waals surface area contributed by atoms with Crippen molar-refractivity contribution in [2.75, 3.05) is 4.90 Å². The lowest BCUT2D eigenvalue weighted by Gasteiger charge is -2.27. The quantitative estimate of drug-likeness (QED) is 0.196. The minimum atomic E-state index is -0.121. The third kappa shape index (κ3) is 3.92. The number of anilines is 3. The highest BCUT2D eigenvalue weighted by Crippen LogP contribution is 2.55. The van der Waals surface area contributed by atoms with Gasteiger partial charge < -0.3 is 4.90 Å². The third-order valence-electron chi connectivity index (χ3n) is 9.55. The lowest BCUT2D eigenvalue weighted by molar-refractivity contribution is 0.667. The molecule has 0 radical (unpaired) electrons. The van der Waals surface area contributed by atoms with Crippen molar-refractivity contribution in [2.45, 2.75) is 39.0 Å². The van der Waals surface area contributed by atoms with Gasteiger partial charge in [-0.15, -0.1) is 0 Å². The predicted octanol–water partition coefficient (Wildman–Crippen LogP) is 12.0. The third-order valence-corrected chi connectivity index (χ3v) is 9.55. The van der Waals surface area contributed by atoms with Gasteiger partial charge in [0.1, 0.15) is 0 Å². The van der Waals surface area contributed by atoms with E-state index >= 15 is 0 Å². The second-order valence-electron chi connectivity index (χ2n) is 12.8. The van der Waals surface area contributed by atoms with Gasteiger partial charge in [0, 0.05) is 22.5 Å². The average molecular weight is 554 g/mol. The molecule has 0 saturated heterocycles. The van der Waals surface area contributed by atoms with Gasteiger partial charge in [-0.25, -0.2) is 0 Å². The van der Waals surface area contributed by atoms with E-state index in [0.29, 0.717) is 5.92 Å². The van der Waals surface area contributed by atoms with E-state index < -0.39 is 0 Å². The summed E-state index contributed by atoms with van der Waals surface area (Å²) >= 11 is 0. The molecule has 7 aromatic carbocycles. The van der Waals surface area contributed by atoms with Crippen molar-refractivity contribution < 1.29 is 0 Å². The van der Waals surface area contributed by atoms with E-state index in [1.54, 1.807) is 0 Å². The van der Waals surface area contributed by atoms with Crippen LogP contribution < -0.4 is 4.90 Å². The van der Waals surface area contributed by atoms with E-state index in [1.165, 1.54) is 71.5 Å². The van der Waals surface area contributed by atoms with Gasteiger partial charge in [-0.2, -0.15) is 0 Å². The van der Waals surface area contributed by atoms with Crippen LogP contribution in [-0.2, 0) is 5.41 Å². The van der Waals surface area contributed by atoms with Crippen molar-refractivity contribution >= 4 is 49.4 Å². The van der Waals surface area contributed by atoms with Gasteiger partial charge in [-0.05, 0) is 115 Å². The second kappa shape index (κ2) is 9.57. The van der Waals surface area contributed by atoms with Crippen molar-refractivity contribution in [1.82, 2.24) is 0 Å². The largest absolute Gasteiger partial charge is 0.310 e. The monoisotopic (exact) mass is 553 g/mol. The first-order valence-electron chi connectivity index (χ1n) is 15.4.